The summed E-state index contributed by atoms with van der Waals surface area (Å²) in [5.41, 5.74) is 2.34. The van der Waals surface area contributed by atoms with Crippen molar-refractivity contribution in [3.05, 3.63) is 77.6 Å². The van der Waals surface area contributed by atoms with E-state index in [1.165, 1.54) is 11.8 Å². The van der Waals surface area contributed by atoms with Crippen LogP contribution in [0.4, 0.5) is 11.4 Å². The lowest BCUT2D eigenvalue weighted by Crippen LogP contribution is -2.18. The van der Waals surface area contributed by atoms with Gasteiger partial charge in [-0.05, 0) is 36.8 Å². The first-order valence-electron chi connectivity index (χ1n) is 9.53. The van der Waals surface area contributed by atoms with E-state index in [1.54, 1.807) is 34.9 Å². The molecule has 1 aromatic heterocycles. The van der Waals surface area contributed by atoms with Crippen LogP contribution in [0.5, 0.6) is 0 Å². The van der Waals surface area contributed by atoms with Crippen LogP contribution in [-0.4, -0.2) is 32.3 Å². The Morgan fingerprint density at radius 2 is 1.94 bits per heavy atom. The van der Waals surface area contributed by atoms with E-state index in [4.69, 9.17) is 11.6 Å². The summed E-state index contributed by atoms with van der Waals surface area (Å²) in [6, 6.07) is 14.6. The molecule has 0 saturated heterocycles. The van der Waals surface area contributed by atoms with Crippen molar-refractivity contribution in [1.29, 1.82) is 0 Å². The fourth-order valence-electron chi connectivity index (χ4n) is 2.82. The third kappa shape index (κ3) is 6.44. The third-order valence-electron chi connectivity index (χ3n) is 4.21. The summed E-state index contributed by atoms with van der Waals surface area (Å²) in [5, 5.41) is 14.9. The standard InChI is InChI=1S/C22H22ClN5O2S/c1-3-11-28-19(13-20(29)25-18-10-5-4-9-17(18)23)26-27-22(28)31-14-21(30)24-16-8-6-7-15(2)12-16/h3-10,12H,1,11,13-14H2,2H3,(H,24,30)(H,25,29). The average Bonchev–Trinajstić information content (AvgIpc) is 3.10. The smallest absolute Gasteiger partial charge is 0.234 e. The van der Waals surface area contributed by atoms with Gasteiger partial charge >= 0.3 is 0 Å². The molecule has 7 nitrogen and oxygen atoms in total. The molecule has 2 amide bonds. The molecule has 0 spiro atoms. The quantitative estimate of drug-likeness (QED) is 0.370. The van der Waals surface area contributed by atoms with Gasteiger partial charge in [0.2, 0.25) is 11.8 Å². The second-order valence-corrected chi connectivity index (χ2v) is 8.06. The first kappa shape index (κ1) is 22.6. The zero-order valence-corrected chi connectivity index (χ0v) is 18.5. The number of thioether (sulfide) groups is 1. The zero-order chi connectivity index (χ0) is 22.2. The minimum Gasteiger partial charge on any atom is -0.325 e. The number of aromatic nitrogens is 3. The van der Waals surface area contributed by atoms with Crippen molar-refractivity contribution in [3.63, 3.8) is 0 Å². The minimum atomic E-state index is -0.264. The fraction of sp³-hybridized carbons (Fsp3) is 0.182. The summed E-state index contributed by atoms with van der Waals surface area (Å²) in [6.07, 6.45) is 1.71. The molecule has 3 aromatic rings. The first-order chi connectivity index (χ1) is 15.0. The van der Waals surface area contributed by atoms with Crippen molar-refractivity contribution < 1.29 is 9.59 Å². The lowest BCUT2D eigenvalue weighted by molar-refractivity contribution is -0.116. The van der Waals surface area contributed by atoms with Crippen molar-refractivity contribution in [2.24, 2.45) is 0 Å². The van der Waals surface area contributed by atoms with E-state index in [0.29, 0.717) is 28.2 Å². The molecule has 0 aliphatic carbocycles. The Hall–Kier alpha value is -3.10. The Morgan fingerprint density at radius 1 is 1.13 bits per heavy atom. The van der Waals surface area contributed by atoms with E-state index >= 15 is 0 Å². The SMILES string of the molecule is C=CCn1c(CC(=O)Nc2ccccc2Cl)nnc1SCC(=O)Nc1cccc(C)c1. The number of aryl methyl sites for hydroxylation is 1. The molecular formula is C22H22ClN5O2S. The van der Waals surface area contributed by atoms with Gasteiger partial charge in [0.15, 0.2) is 5.16 Å². The Morgan fingerprint density at radius 3 is 2.68 bits per heavy atom. The van der Waals surface area contributed by atoms with Gasteiger partial charge < -0.3 is 15.2 Å². The fourth-order valence-corrected chi connectivity index (χ4v) is 3.77. The monoisotopic (exact) mass is 455 g/mol. The number of anilines is 2. The molecule has 0 aliphatic heterocycles. The van der Waals surface area contributed by atoms with Crippen LogP contribution in [-0.2, 0) is 22.6 Å². The average molecular weight is 456 g/mol. The molecule has 160 valence electrons. The van der Waals surface area contributed by atoms with Crippen molar-refractivity contribution in [2.45, 2.75) is 25.0 Å². The summed E-state index contributed by atoms with van der Waals surface area (Å²) in [6.45, 7) is 6.14. The molecule has 3 rings (SSSR count). The number of carbonyl (C=O) groups is 2. The van der Waals surface area contributed by atoms with Gasteiger partial charge in [0.1, 0.15) is 5.82 Å². The Kier molecular flexibility index (Phi) is 7.86. The van der Waals surface area contributed by atoms with E-state index in [1.807, 2.05) is 31.2 Å². The molecular weight excluding hydrogens is 434 g/mol. The number of benzene rings is 2. The predicted molar refractivity (Wildman–Crippen MR) is 125 cm³/mol. The molecule has 0 fully saturated rings. The van der Waals surface area contributed by atoms with E-state index in [0.717, 1.165) is 11.3 Å². The molecule has 2 N–H and O–H groups in total. The molecule has 9 heteroatoms. The summed E-state index contributed by atoms with van der Waals surface area (Å²) >= 11 is 7.34. The Labute approximate surface area is 189 Å². The number of nitrogens with one attached hydrogen (secondary N) is 2. The molecule has 1 heterocycles. The second kappa shape index (κ2) is 10.8. The number of halogens is 1. The minimum absolute atomic E-state index is 0.0160. The summed E-state index contributed by atoms with van der Waals surface area (Å²) in [4.78, 5) is 24.7. The van der Waals surface area contributed by atoms with Gasteiger partial charge in [0, 0.05) is 12.2 Å². The molecule has 0 atom stereocenters. The van der Waals surface area contributed by atoms with Crippen molar-refractivity contribution in [2.75, 3.05) is 16.4 Å². The highest BCUT2D eigenvalue weighted by Crippen LogP contribution is 2.22. The summed E-state index contributed by atoms with van der Waals surface area (Å²) in [7, 11) is 0. The number of carbonyl (C=O) groups excluding carboxylic acids is 2. The van der Waals surface area contributed by atoms with Crippen LogP contribution in [0.15, 0.2) is 66.3 Å². The van der Waals surface area contributed by atoms with E-state index < -0.39 is 0 Å². The van der Waals surface area contributed by atoms with Gasteiger partial charge in [-0.3, -0.25) is 9.59 Å². The second-order valence-electron chi connectivity index (χ2n) is 6.71. The van der Waals surface area contributed by atoms with Gasteiger partial charge in [-0.25, -0.2) is 0 Å². The highest BCUT2D eigenvalue weighted by molar-refractivity contribution is 7.99. The largest absolute Gasteiger partial charge is 0.325 e. The van der Waals surface area contributed by atoms with Crippen molar-refractivity contribution in [3.8, 4) is 0 Å². The summed E-state index contributed by atoms with van der Waals surface area (Å²) < 4.78 is 1.77. The maximum atomic E-state index is 12.4. The van der Waals surface area contributed by atoms with Crippen LogP contribution in [0.2, 0.25) is 5.02 Å². The topological polar surface area (TPSA) is 88.9 Å². The number of nitrogens with zero attached hydrogens (tertiary/aromatic N) is 3. The number of para-hydroxylation sites is 1. The number of amides is 2. The highest BCUT2D eigenvalue weighted by Gasteiger charge is 2.17. The van der Waals surface area contributed by atoms with Crippen molar-refractivity contribution >= 4 is 46.6 Å². The van der Waals surface area contributed by atoms with Crippen LogP contribution in [0, 0.1) is 6.92 Å². The normalized spacial score (nSPS) is 10.5. The highest BCUT2D eigenvalue weighted by atomic mass is 35.5. The molecule has 0 radical (unpaired) electrons. The van der Waals surface area contributed by atoms with Crippen molar-refractivity contribution in [1.82, 2.24) is 14.8 Å². The van der Waals surface area contributed by atoms with Gasteiger partial charge in [-0.2, -0.15) is 0 Å². The van der Waals surface area contributed by atoms with Crippen LogP contribution in [0.25, 0.3) is 0 Å². The van der Waals surface area contributed by atoms with Crippen LogP contribution in [0.3, 0.4) is 0 Å². The molecule has 0 aliphatic rings. The maximum absolute atomic E-state index is 12.4. The Balaban J connectivity index is 1.63. The molecule has 0 bridgehead atoms. The lowest BCUT2D eigenvalue weighted by atomic mass is 10.2. The predicted octanol–water partition coefficient (Wildman–Crippen LogP) is 4.34. The first-order valence-corrected chi connectivity index (χ1v) is 10.9. The number of hydrogen-bond acceptors (Lipinski definition) is 5. The number of hydrogen-bond donors (Lipinski definition) is 2. The molecule has 0 saturated carbocycles. The molecule has 31 heavy (non-hydrogen) atoms. The summed E-state index contributed by atoms with van der Waals surface area (Å²) in [5.74, 6) is 0.224. The zero-order valence-electron chi connectivity index (χ0n) is 17.0. The number of rotatable bonds is 9. The number of allylic oxidation sites excluding steroid dienone is 1. The third-order valence-corrected chi connectivity index (χ3v) is 5.50. The maximum Gasteiger partial charge on any atom is 0.234 e. The Bertz CT molecular complexity index is 1100. The van der Waals surface area contributed by atoms with Gasteiger partial charge in [0.05, 0.1) is 22.9 Å². The van der Waals surface area contributed by atoms with E-state index in [2.05, 4.69) is 27.4 Å². The van der Waals surface area contributed by atoms with E-state index in [9.17, 15) is 9.59 Å². The van der Waals surface area contributed by atoms with Crippen LogP contribution in [0.1, 0.15) is 11.4 Å². The molecule has 0 unspecified atom stereocenters. The van der Waals surface area contributed by atoms with Crippen LogP contribution >= 0.6 is 23.4 Å². The van der Waals surface area contributed by atoms with Crippen LogP contribution < -0.4 is 10.6 Å². The van der Waals surface area contributed by atoms with Gasteiger partial charge in [0.25, 0.3) is 0 Å². The van der Waals surface area contributed by atoms with Gasteiger partial charge in [-0.15, -0.1) is 16.8 Å². The van der Waals surface area contributed by atoms with Gasteiger partial charge in [-0.1, -0.05) is 53.7 Å². The molecule has 2 aromatic carbocycles. The van der Waals surface area contributed by atoms with E-state index in [-0.39, 0.29) is 24.0 Å². The lowest BCUT2D eigenvalue weighted by Gasteiger charge is -2.09.